The predicted molar refractivity (Wildman–Crippen MR) is 91.5 cm³/mol. The molecule has 0 spiro atoms. The second-order valence-electron chi connectivity index (χ2n) is 6.18. The van der Waals surface area contributed by atoms with Gasteiger partial charge in [0.05, 0.1) is 11.7 Å². The number of nitrogens with zero attached hydrogens (tertiary/aromatic N) is 4. The highest BCUT2D eigenvalue weighted by atomic mass is 32.1. The zero-order valence-electron chi connectivity index (χ0n) is 13.8. The topological polar surface area (TPSA) is 53.4 Å². The zero-order valence-corrected chi connectivity index (χ0v) is 14.6. The van der Waals surface area contributed by atoms with E-state index >= 15 is 0 Å². The van der Waals surface area contributed by atoms with Crippen molar-refractivity contribution >= 4 is 17.4 Å². The van der Waals surface area contributed by atoms with Gasteiger partial charge in [-0.25, -0.2) is 4.79 Å². The molecule has 3 heterocycles. The summed E-state index contributed by atoms with van der Waals surface area (Å²) in [5.41, 5.74) is 1.20. The molecule has 23 heavy (non-hydrogen) atoms. The lowest BCUT2D eigenvalue weighted by atomic mass is 10.2. The molecule has 0 saturated carbocycles. The van der Waals surface area contributed by atoms with Crippen LogP contribution < -0.4 is 5.32 Å². The number of aromatic nitrogens is 2. The number of carbonyl (C=O) groups excluding carboxylic acids is 1. The molecule has 0 bridgehead atoms. The predicted octanol–water partition coefficient (Wildman–Crippen LogP) is 2.08. The smallest absolute Gasteiger partial charge is 0.316 e. The summed E-state index contributed by atoms with van der Waals surface area (Å²) in [6.07, 6.45) is 1.84. The Hall–Kier alpha value is -1.86. The summed E-state index contributed by atoms with van der Waals surface area (Å²) >= 11 is 1.85. The molecule has 1 aliphatic heterocycles. The van der Waals surface area contributed by atoms with Crippen LogP contribution in [0.2, 0.25) is 0 Å². The molecule has 124 valence electrons. The molecular formula is C16H23N5OS. The van der Waals surface area contributed by atoms with Crippen LogP contribution in [-0.4, -0.2) is 52.8 Å². The number of hydrogen-bond acceptors (Lipinski definition) is 4. The van der Waals surface area contributed by atoms with E-state index in [0.29, 0.717) is 6.54 Å². The number of fused-ring (bicyclic) bond motifs is 1. The third-order valence-corrected chi connectivity index (χ3v) is 5.01. The van der Waals surface area contributed by atoms with E-state index in [4.69, 9.17) is 0 Å². The van der Waals surface area contributed by atoms with Gasteiger partial charge < -0.3 is 10.2 Å². The average molecular weight is 333 g/mol. The van der Waals surface area contributed by atoms with Crippen LogP contribution >= 0.6 is 11.3 Å². The van der Waals surface area contributed by atoms with Gasteiger partial charge in [-0.2, -0.15) is 5.10 Å². The maximum atomic E-state index is 11.8. The third kappa shape index (κ3) is 3.73. The van der Waals surface area contributed by atoms with Crippen molar-refractivity contribution in [2.24, 2.45) is 0 Å². The van der Waals surface area contributed by atoms with E-state index in [1.54, 1.807) is 19.0 Å². The van der Waals surface area contributed by atoms with Crippen LogP contribution in [0.1, 0.15) is 21.5 Å². The first-order valence-corrected chi connectivity index (χ1v) is 8.60. The minimum atomic E-state index is -0.0651. The van der Waals surface area contributed by atoms with Gasteiger partial charge in [0.1, 0.15) is 0 Å². The standard InChI is InChI=1S/C16H23N5OS/c1-12-4-5-15(23-12)11-20-9-13-6-7-18-21(13)14(10-20)8-17-16(22)19(2)3/h4-7,14H,8-11H2,1-3H3,(H,17,22). The van der Waals surface area contributed by atoms with Crippen molar-refractivity contribution in [3.63, 3.8) is 0 Å². The highest BCUT2D eigenvalue weighted by Crippen LogP contribution is 2.24. The zero-order chi connectivity index (χ0) is 16.4. The number of nitrogens with one attached hydrogen (secondary N) is 1. The van der Waals surface area contributed by atoms with Gasteiger partial charge in [-0.3, -0.25) is 9.58 Å². The molecule has 0 aromatic carbocycles. The van der Waals surface area contributed by atoms with Crippen LogP contribution in [-0.2, 0) is 13.1 Å². The highest BCUT2D eigenvalue weighted by Gasteiger charge is 2.26. The average Bonchev–Trinajstić information content (AvgIpc) is 3.13. The number of carbonyl (C=O) groups is 1. The normalized spacial score (nSPS) is 17.8. The van der Waals surface area contributed by atoms with Gasteiger partial charge in [-0.1, -0.05) is 0 Å². The van der Waals surface area contributed by atoms with Gasteiger partial charge in [0.2, 0.25) is 0 Å². The fourth-order valence-electron chi connectivity index (χ4n) is 2.89. The molecule has 0 aliphatic carbocycles. The fraction of sp³-hybridized carbons (Fsp3) is 0.500. The van der Waals surface area contributed by atoms with E-state index < -0.39 is 0 Å². The Balaban J connectivity index is 1.68. The Morgan fingerprint density at radius 2 is 2.26 bits per heavy atom. The van der Waals surface area contributed by atoms with Gasteiger partial charge in [0.15, 0.2) is 0 Å². The van der Waals surface area contributed by atoms with Gasteiger partial charge in [-0.05, 0) is 25.1 Å². The van der Waals surface area contributed by atoms with E-state index in [1.807, 2.05) is 22.2 Å². The molecular weight excluding hydrogens is 310 g/mol. The monoisotopic (exact) mass is 333 g/mol. The lowest BCUT2D eigenvalue weighted by Crippen LogP contribution is -2.44. The number of thiophene rings is 1. The number of hydrogen-bond donors (Lipinski definition) is 1. The van der Waals surface area contributed by atoms with E-state index in [0.717, 1.165) is 19.6 Å². The second kappa shape index (κ2) is 6.72. The maximum Gasteiger partial charge on any atom is 0.316 e. The quantitative estimate of drug-likeness (QED) is 0.932. The SMILES string of the molecule is Cc1ccc(CN2Cc3ccnn3C(CNC(=O)N(C)C)C2)s1. The summed E-state index contributed by atoms with van der Waals surface area (Å²) < 4.78 is 2.05. The molecule has 1 atom stereocenters. The first-order chi connectivity index (χ1) is 11.0. The Morgan fingerprint density at radius 1 is 1.43 bits per heavy atom. The Labute approximate surface area is 140 Å². The van der Waals surface area contributed by atoms with E-state index in [-0.39, 0.29) is 12.1 Å². The van der Waals surface area contributed by atoms with Crippen LogP contribution in [0.4, 0.5) is 4.79 Å². The van der Waals surface area contributed by atoms with Crippen LogP contribution in [0, 0.1) is 6.92 Å². The Bertz CT molecular complexity index is 678. The van der Waals surface area contributed by atoms with Crippen LogP contribution in [0.15, 0.2) is 24.4 Å². The lowest BCUT2D eigenvalue weighted by Gasteiger charge is -2.34. The largest absolute Gasteiger partial charge is 0.336 e. The van der Waals surface area contributed by atoms with Crippen molar-refractivity contribution in [1.82, 2.24) is 24.9 Å². The summed E-state index contributed by atoms with van der Waals surface area (Å²) in [6, 6.07) is 6.54. The van der Waals surface area contributed by atoms with Crippen LogP contribution in [0.25, 0.3) is 0 Å². The number of aryl methyl sites for hydroxylation is 1. The van der Waals surface area contributed by atoms with Crippen molar-refractivity contribution in [3.05, 3.63) is 39.8 Å². The summed E-state index contributed by atoms with van der Waals surface area (Å²) in [6.45, 7) is 5.46. The van der Waals surface area contributed by atoms with E-state index in [2.05, 4.69) is 40.4 Å². The number of urea groups is 1. The summed E-state index contributed by atoms with van der Waals surface area (Å²) in [7, 11) is 3.50. The summed E-state index contributed by atoms with van der Waals surface area (Å²) in [5, 5.41) is 7.41. The van der Waals surface area contributed by atoms with E-state index in [9.17, 15) is 4.79 Å². The fourth-order valence-corrected chi connectivity index (χ4v) is 3.82. The van der Waals surface area contributed by atoms with Crippen molar-refractivity contribution in [1.29, 1.82) is 0 Å². The molecule has 2 amide bonds. The summed E-state index contributed by atoms with van der Waals surface area (Å²) in [5.74, 6) is 0. The second-order valence-corrected chi connectivity index (χ2v) is 7.56. The number of amides is 2. The molecule has 2 aromatic heterocycles. The molecule has 1 unspecified atom stereocenters. The molecule has 2 aromatic rings. The molecule has 7 heteroatoms. The molecule has 0 radical (unpaired) electrons. The third-order valence-electron chi connectivity index (χ3n) is 4.02. The van der Waals surface area contributed by atoms with Crippen LogP contribution in [0.5, 0.6) is 0 Å². The Kier molecular flexibility index (Phi) is 4.68. The number of rotatable bonds is 4. The van der Waals surface area contributed by atoms with Crippen molar-refractivity contribution in [2.75, 3.05) is 27.2 Å². The van der Waals surface area contributed by atoms with Gasteiger partial charge in [0.25, 0.3) is 0 Å². The molecule has 3 rings (SSSR count). The maximum absolute atomic E-state index is 11.8. The molecule has 6 nitrogen and oxygen atoms in total. The highest BCUT2D eigenvalue weighted by molar-refractivity contribution is 7.11. The molecule has 0 fully saturated rings. The summed E-state index contributed by atoms with van der Waals surface area (Å²) in [4.78, 5) is 18.5. The first-order valence-electron chi connectivity index (χ1n) is 7.78. The first kappa shape index (κ1) is 16.0. The van der Waals surface area contributed by atoms with E-state index in [1.165, 1.54) is 15.4 Å². The van der Waals surface area contributed by atoms with Gasteiger partial charge >= 0.3 is 6.03 Å². The van der Waals surface area contributed by atoms with Crippen molar-refractivity contribution in [2.45, 2.75) is 26.1 Å². The Morgan fingerprint density at radius 3 is 2.96 bits per heavy atom. The molecule has 0 saturated heterocycles. The van der Waals surface area contributed by atoms with Crippen molar-refractivity contribution < 1.29 is 4.79 Å². The van der Waals surface area contributed by atoms with Crippen LogP contribution in [0.3, 0.4) is 0 Å². The van der Waals surface area contributed by atoms with Gasteiger partial charge in [0, 0.05) is 56.2 Å². The van der Waals surface area contributed by atoms with Crippen molar-refractivity contribution in [3.8, 4) is 0 Å². The lowest BCUT2D eigenvalue weighted by molar-refractivity contribution is 0.163. The molecule has 1 N–H and O–H groups in total. The minimum absolute atomic E-state index is 0.0651. The minimum Gasteiger partial charge on any atom is -0.336 e. The van der Waals surface area contributed by atoms with Gasteiger partial charge in [-0.15, -0.1) is 11.3 Å². The molecule has 1 aliphatic rings.